The predicted octanol–water partition coefficient (Wildman–Crippen LogP) is 5.67. The number of aliphatic carboxylic acids is 1. The molecular formula is C30H28FN3O4. The van der Waals surface area contributed by atoms with Crippen molar-refractivity contribution < 1.29 is 19.1 Å². The summed E-state index contributed by atoms with van der Waals surface area (Å²) in [5.74, 6) is -0.578. The number of rotatable bonds is 8. The van der Waals surface area contributed by atoms with Crippen LogP contribution in [0.3, 0.4) is 0 Å². The number of halogens is 1. The molecule has 0 fully saturated rings. The van der Waals surface area contributed by atoms with E-state index in [-0.39, 0.29) is 17.8 Å². The molecule has 2 heterocycles. The molecule has 5 rings (SSSR count). The number of hydrogen-bond acceptors (Lipinski definition) is 5. The molecule has 1 N–H and O–H groups in total. The van der Waals surface area contributed by atoms with Crippen molar-refractivity contribution >= 4 is 22.6 Å². The zero-order valence-corrected chi connectivity index (χ0v) is 21.3. The summed E-state index contributed by atoms with van der Waals surface area (Å²) in [6.45, 7) is 3.89. The summed E-state index contributed by atoms with van der Waals surface area (Å²) < 4.78 is 15.0. The van der Waals surface area contributed by atoms with Crippen LogP contribution in [0.1, 0.15) is 55.1 Å². The lowest BCUT2D eigenvalue weighted by molar-refractivity contribution is -0.137. The van der Waals surface area contributed by atoms with Crippen LogP contribution in [0.4, 0.5) is 4.39 Å². The van der Waals surface area contributed by atoms with Crippen molar-refractivity contribution in [2.75, 3.05) is 0 Å². The van der Waals surface area contributed by atoms with E-state index in [1.165, 1.54) is 12.1 Å². The normalized spacial score (nSPS) is 16.9. The molecule has 7 nitrogen and oxygen atoms in total. The van der Waals surface area contributed by atoms with E-state index in [0.717, 1.165) is 22.4 Å². The average Bonchev–Trinajstić information content (AvgIpc) is 3.30. The van der Waals surface area contributed by atoms with Crippen molar-refractivity contribution in [2.45, 2.75) is 51.6 Å². The third-order valence-electron chi connectivity index (χ3n) is 6.92. The molecule has 194 valence electrons. The lowest BCUT2D eigenvalue weighted by Gasteiger charge is -2.21. The monoisotopic (exact) mass is 513 g/mol. The van der Waals surface area contributed by atoms with Crippen molar-refractivity contribution in [2.24, 2.45) is 5.16 Å². The minimum absolute atomic E-state index is 0.0686. The summed E-state index contributed by atoms with van der Waals surface area (Å²) >= 11 is 0. The molecule has 38 heavy (non-hydrogen) atoms. The van der Waals surface area contributed by atoms with Gasteiger partial charge in [0.1, 0.15) is 11.6 Å². The smallest absolute Gasteiger partial charge is 0.303 e. The fraction of sp³-hybridized carbons (Fsp3) is 0.267. The Morgan fingerprint density at radius 1 is 1.08 bits per heavy atom. The van der Waals surface area contributed by atoms with Crippen LogP contribution >= 0.6 is 0 Å². The number of carboxylic acids is 1. The van der Waals surface area contributed by atoms with Crippen LogP contribution in [0, 0.1) is 12.7 Å². The zero-order valence-electron chi connectivity index (χ0n) is 21.3. The van der Waals surface area contributed by atoms with Crippen LogP contribution in [-0.4, -0.2) is 26.3 Å². The largest absolute Gasteiger partial charge is 0.481 e. The number of oxime groups is 1. The van der Waals surface area contributed by atoms with Gasteiger partial charge in [-0.05, 0) is 68.7 Å². The molecule has 1 aromatic heterocycles. The van der Waals surface area contributed by atoms with Crippen molar-refractivity contribution in [1.29, 1.82) is 0 Å². The summed E-state index contributed by atoms with van der Waals surface area (Å²) in [7, 11) is 0. The number of nitrogens with zero attached hydrogens (tertiary/aromatic N) is 3. The maximum Gasteiger partial charge on any atom is 0.303 e. The predicted molar refractivity (Wildman–Crippen MR) is 143 cm³/mol. The SMILES string of the molecule is Cc1ccc(-n2c(CCCCC(=O)O)nc3cc(C4=NOC(C)(c5ccc(F)cc5)C4)ccc3c2=O)cc1. The highest BCUT2D eigenvalue weighted by Crippen LogP contribution is 2.36. The number of hydrogen-bond donors (Lipinski definition) is 1. The number of fused-ring (bicyclic) bond motifs is 1. The van der Waals surface area contributed by atoms with E-state index < -0.39 is 11.6 Å². The highest BCUT2D eigenvalue weighted by atomic mass is 19.1. The van der Waals surface area contributed by atoms with Gasteiger partial charge in [-0.1, -0.05) is 41.1 Å². The van der Waals surface area contributed by atoms with E-state index in [0.29, 0.717) is 48.1 Å². The van der Waals surface area contributed by atoms with Crippen LogP contribution in [0.25, 0.3) is 16.6 Å². The summed E-state index contributed by atoms with van der Waals surface area (Å²) in [6.07, 6.45) is 2.09. The van der Waals surface area contributed by atoms with E-state index in [2.05, 4.69) is 5.16 Å². The van der Waals surface area contributed by atoms with Gasteiger partial charge in [-0.25, -0.2) is 9.37 Å². The zero-order chi connectivity index (χ0) is 26.9. The van der Waals surface area contributed by atoms with E-state index in [4.69, 9.17) is 14.9 Å². The number of aryl methyl sites for hydroxylation is 2. The van der Waals surface area contributed by atoms with Gasteiger partial charge in [0.25, 0.3) is 5.56 Å². The maximum absolute atomic E-state index is 13.7. The molecule has 1 aliphatic heterocycles. The van der Waals surface area contributed by atoms with E-state index in [1.54, 1.807) is 22.8 Å². The second-order valence-electron chi connectivity index (χ2n) is 9.88. The molecule has 0 amide bonds. The molecule has 8 heteroatoms. The van der Waals surface area contributed by atoms with Gasteiger partial charge >= 0.3 is 5.97 Å². The topological polar surface area (TPSA) is 93.8 Å². The fourth-order valence-corrected chi connectivity index (χ4v) is 4.75. The second-order valence-corrected chi connectivity index (χ2v) is 9.88. The molecule has 0 saturated heterocycles. The molecule has 0 aliphatic carbocycles. The van der Waals surface area contributed by atoms with Gasteiger partial charge in [0.15, 0.2) is 5.60 Å². The molecular weight excluding hydrogens is 485 g/mol. The van der Waals surface area contributed by atoms with Crippen molar-refractivity contribution in [3.63, 3.8) is 0 Å². The summed E-state index contributed by atoms with van der Waals surface area (Å²) in [4.78, 5) is 35.3. The minimum Gasteiger partial charge on any atom is -0.481 e. The van der Waals surface area contributed by atoms with Crippen LogP contribution < -0.4 is 5.56 Å². The Bertz CT molecular complexity index is 1590. The molecule has 1 aliphatic rings. The third kappa shape index (κ3) is 5.07. The van der Waals surface area contributed by atoms with Gasteiger partial charge in [-0.2, -0.15) is 0 Å². The van der Waals surface area contributed by atoms with Crippen LogP contribution in [0.15, 0.2) is 76.7 Å². The Morgan fingerprint density at radius 3 is 2.53 bits per heavy atom. The summed E-state index contributed by atoms with van der Waals surface area (Å²) in [5, 5.41) is 13.8. The molecule has 4 aromatic rings. The average molecular weight is 514 g/mol. The van der Waals surface area contributed by atoms with Gasteiger partial charge in [-0.15, -0.1) is 0 Å². The lowest BCUT2D eigenvalue weighted by atomic mass is 9.89. The Balaban J connectivity index is 1.50. The first-order valence-electron chi connectivity index (χ1n) is 12.6. The van der Waals surface area contributed by atoms with Crippen molar-refractivity contribution in [1.82, 2.24) is 9.55 Å². The highest BCUT2D eigenvalue weighted by Gasteiger charge is 2.36. The van der Waals surface area contributed by atoms with Gasteiger partial charge < -0.3 is 9.94 Å². The minimum atomic E-state index is -0.843. The summed E-state index contributed by atoms with van der Waals surface area (Å²) in [5.41, 5.74) is 3.76. The highest BCUT2D eigenvalue weighted by molar-refractivity contribution is 6.04. The lowest BCUT2D eigenvalue weighted by Crippen LogP contribution is -2.24. The molecule has 0 bridgehead atoms. The molecule has 1 atom stereocenters. The quantitative estimate of drug-likeness (QED) is 0.307. The Labute approximate surface area is 219 Å². The fourth-order valence-electron chi connectivity index (χ4n) is 4.75. The van der Waals surface area contributed by atoms with Crippen LogP contribution in [-0.2, 0) is 21.7 Å². The molecule has 1 unspecified atom stereocenters. The number of benzene rings is 3. The van der Waals surface area contributed by atoms with Crippen LogP contribution in [0.2, 0.25) is 0 Å². The van der Waals surface area contributed by atoms with E-state index in [1.807, 2.05) is 50.2 Å². The first kappa shape index (κ1) is 25.3. The Morgan fingerprint density at radius 2 is 1.82 bits per heavy atom. The third-order valence-corrected chi connectivity index (χ3v) is 6.92. The first-order valence-corrected chi connectivity index (χ1v) is 12.6. The van der Waals surface area contributed by atoms with E-state index >= 15 is 0 Å². The van der Waals surface area contributed by atoms with Crippen molar-refractivity contribution in [3.05, 3.63) is 105 Å². The van der Waals surface area contributed by atoms with E-state index in [9.17, 15) is 14.0 Å². The summed E-state index contributed by atoms with van der Waals surface area (Å²) in [6, 6.07) is 19.3. The van der Waals surface area contributed by atoms with Gasteiger partial charge in [0.2, 0.25) is 0 Å². The number of aromatic nitrogens is 2. The molecule has 0 radical (unpaired) electrons. The first-order chi connectivity index (χ1) is 18.2. The number of carbonyl (C=O) groups is 1. The molecule has 0 saturated carbocycles. The Kier molecular flexibility index (Phi) is 6.80. The van der Waals surface area contributed by atoms with Gasteiger partial charge in [0.05, 0.1) is 22.3 Å². The van der Waals surface area contributed by atoms with Crippen molar-refractivity contribution in [3.8, 4) is 5.69 Å². The number of carboxylic acid groups (broad SMARTS) is 1. The second kappa shape index (κ2) is 10.2. The van der Waals surface area contributed by atoms with Gasteiger partial charge in [-0.3, -0.25) is 14.2 Å². The standard InChI is InChI=1S/C30H28FN3O4/c1-19-7-14-23(15-8-19)34-27(5-3-4-6-28(35)36)32-25-17-20(9-16-24(25)29(34)37)26-18-30(2,38-33-26)21-10-12-22(31)13-11-21/h7-17H,3-6,18H2,1-2H3,(H,35,36). The Hall–Kier alpha value is -4.33. The van der Waals surface area contributed by atoms with Crippen LogP contribution in [0.5, 0.6) is 0 Å². The molecule has 3 aromatic carbocycles. The molecule has 0 spiro atoms. The number of unbranched alkanes of at least 4 members (excludes halogenated alkanes) is 1. The van der Waals surface area contributed by atoms with Gasteiger partial charge in [0, 0.05) is 24.8 Å². The maximum atomic E-state index is 13.7.